The fraction of sp³-hybridized carbons (Fsp3) is 0.857. The van der Waals surface area contributed by atoms with E-state index in [0.29, 0.717) is 0 Å². The first-order valence-corrected chi connectivity index (χ1v) is 7.25. The molecule has 0 unspecified atom stereocenters. The maximum Gasteiger partial charge on any atom is 0.0498 e. The molecule has 0 aromatic rings. The van der Waals surface area contributed by atoms with Gasteiger partial charge < -0.3 is 0 Å². The van der Waals surface area contributed by atoms with E-state index in [1.165, 1.54) is 6.04 Å². The van der Waals surface area contributed by atoms with Crippen LogP contribution in [0.4, 0.5) is 0 Å². The van der Waals surface area contributed by atoms with Crippen molar-refractivity contribution in [1.29, 1.82) is 0 Å². The SMILES string of the molecule is CCN=CC[Si](C)(C)C. The molecule has 0 aliphatic heterocycles. The predicted octanol–water partition coefficient (Wildman–Crippen LogP) is 2.42. The minimum atomic E-state index is -0.844. The zero-order valence-corrected chi connectivity index (χ0v) is 7.94. The molecule has 0 radical (unpaired) electrons. The molecule has 0 atom stereocenters. The Kier molecular flexibility index (Phi) is 3.78. The fourth-order valence-corrected chi connectivity index (χ4v) is 1.14. The average molecular weight is 143 g/mol. The molecule has 0 spiro atoms. The first-order valence-electron chi connectivity index (χ1n) is 3.54. The number of nitrogens with zero attached hydrogens (tertiary/aromatic N) is 1. The molecule has 54 valence electrons. The van der Waals surface area contributed by atoms with Crippen molar-refractivity contribution in [1.82, 2.24) is 0 Å². The minimum Gasteiger partial charge on any atom is -0.298 e. The highest BCUT2D eigenvalue weighted by molar-refractivity contribution is 6.78. The summed E-state index contributed by atoms with van der Waals surface area (Å²) in [4.78, 5) is 4.17. The van der Waals surface area contributed by atoms with E-state index in [1.807, 2.05) is 0 Å². The maximum atomic E-state index is 4.17. The molecule has 9 heavy (non-hydrogen) atoms. The Hall–Kier alpha value is -0.113. The first kappa shape index (κ1) is 8.89. The molecule has 1 nitrogen and oxygen atoms in total. The molecule has 0 aliphatic carbocycles. The van der Waals surface area contributed by atoms with Gasteiger partial charge in [-0.05, 0) is 19.2 Å². The lowest BCUT2D eigenvalue weighted by atomic mass is 10.7. The zero-order chi connectivity index (χ0) is 7.33. The smallest absolute Gasteiger partial charge is 0.0498 e. The molecule has 0 saturated carbocycles. The first-order chi connectivity index (χ1) is 4.06. The Morgan fingerprint density at radius 3 is 2.22 bits per heavy atom. The minimum absolute atomic E-state index is 0.844. The van der Waals surface area contributed by atoms with Crippen molar-refractivity contribution in [3.05, 3.63) is 0 Å². The van der Waals surface area contributed by atoms with Gasteiger partial charge in [-0.2, -0.15) is 0 Å². The van der Waals surface area contributed by atoms with E-state index < -0.39 is 8.07 Å². The molecule has 0 amide bonds. The standard InChI is InChI=1S/C7H17NSi/c1-5-8-6-7-9(2,3)4/h6H,5,7H2,1-4H3. The van der Waals surface area contributed by atoms with Gasteiger partial charge in [0.05, 0.1) is 0 Å². The molecular formula is C7H17NSi. The topological polar surface area (TPSA) is 12.4 Å². The van der Waals surface area contributed by atoms with Gasteiger partial charge in [-0.25, -0.2) is 0 Å². The van der Waals surface area contributed by atoms with Gasteiger partial charge in [0, 0.05) is 14.6 Å². The lowest BCUT2D eigenvalue weighted by molar-refractivity contribution is 1.14. The van der Waals surface area contributed by atoms with Crippen LogP contribution < -0.4 is 0 Å². The highest BCUT2D eigenvalue weighted by Gasteiger charge is 2.09. The summed E-state index contributed by atoms with van der Waals surface area (Å²) in [5.41, 5.74) is 0. The summed E-state index contributed by atoms with van der Waals surface area (Å²) in [7, 11) is -0.844. The Balaban J connectivity index is 3.38. The third-order valence-corrected chi connectivity index (χ3v) is 2.42. The van der Waals surface area contributed by atoms with E-state index in [-0.39, 0.29) is 0 Å². The van der Waals surface area contributed by atoms with Crippen LogP contribution in [-0.4, -0.2) is 20.8 Å². The van der Waals surface area contributed by atoms with Gasteiger partial charge in [0.25, 0.3) is 0 Å². The van der Waals surface area contributed by atoms with Crippen LogP contribution in [0.5, 0.6) is 0 Å². The largest absolute Gasteiger partial charge is 0.298 e. The lowest BCUT2D eigenvalue weighted by Gasteiger charge is -2.10. The van der Waals surface area contributed by atoms with Crippen molar-refractivity contribution in [3.8, 4) is 0 Å². The monoisotopic (exact) mass is 143 g/mol. The summed E-state index contributed by atoms with van der Waals surface area (Å²) in [6, 6.07) is 1.22. The van der Waals surface area contributed by atoms with Crippen LogP contribution in [0.25, 0.3) is 0 Å². The average Bonchev–Trinajstić information content (AvgIpc) is 1.63. The fourth-order valence-electron chi connectivity index (χ4n) is 0.468. The van der Waals surface area contributed by atoms with Crippen molar-refractivity contribution in [2.24, 2.45) is 4.99 Å². The van der Waals surface area contributed by atoms with Crippen molar-refractivity contribution >= 4 is 14.3 Å². The summed E-state index contributed by atoms with van der Waals surface area (Å²) >= 11 is 0. The Morgan fingerprint density at radius 1 is 1.33 bits per heavy atom. The highest BCUT2D eigenvalue weighted by Crippen LogP contribution is 2.04. The molecule has 0 heterocycles. The lowest BCUT2D eigenvalue weighted by Crippen LogP contribution is -2.19. The third-order valence-electron chi connectivity index (χ3n) is 1.02. The molecule has 0 saturated heterocycles. The van der Waals surface area contributed by atoms with Crippen molar-refractivity contribution in [2.45, 2.75) is 32.6 Å². The maximum absolute atomic E-state index is 4.17. The molecule has 2 heteroatoms. The van der Waals surface area contributed by atoms with Crippen LogP contribution >= 0.6 is 0 Å². The van der Waals surface area contributed by atoms with Gasteiger partial charge in [0.1, 0.15) is 0 Å². The Labute approximate surface area is 59.2 Å². The predicted molar refractivity (Wildman–Crippen MR) is 47.2 cm³/mol. The molecular weight excluding hydrogens is 126 g/mol. The molecule has 0 bridgehead atoms. The van der Waals surface area contributed by atoms with Gasteiger partial charge in [-0.1, -0.05) is 19.6 Å². The van der Waals surface area contributed by atoms with E-state index in [0.717, 1.165) is 6.54 Å². The molecule has 0 aromatic carbocycles. The summed E-state index contributed by atoms with van der Waals surface area (Å²) < 4.78 is 0. The van der Waals surface area contributed by atoms with Crippen LogP contribution in [-0.2, 0) is 0 Å². The summed E-state index contributed by atoms with van der Waals surface area (Å²) in [6.45, 7) is 10.1. The second kappa shape index (κ2) is 3.83. The van der Waals surface area contributed by atoms with Crippen LogP contribution in [0.15, 0.2) is 4.99 Å². The van der Waals surface area contributed by atoms with Gasteiger partial charge in [-0.15, -0.1) is 0 Å². The van der Waals surface area contributed by atoms with Crippen molar-refractivity contribution in [2.75, 3.05) is 6.54 Å². The van der Waals surface area contributed by atoms with E-state index >= 15 is 0 Å². The van der Waals surface area contributed by atoms with Crippen LogP contribution in [0.3, 0.4) is 0 Å². The number of hydrogen-bond donors (Lipinski definition) is 0. The number of rotatable bonds is 3. The summed E-state index contributed by atoms with van der Waals surface area (Å²) in [5.74, 6) is 0. The second-order valence-corrected chi connectivity index (χ2v) is 8.98. The van der Waals surface area contributed by atoms with E-state index in [4.69, 9.17) is 0 Å². The molecule has 0 aromatic heterocycles. The number of aliphatic imine (C=N–C) groups is 1. The van der Waals surface area contributed by atoms with Crippen molar-refractivity contribution in [3.63, 3.8) is 0 Å². The zero-order valence-electron chi connectivity index (χ0n) is 6.94. The van der Waals surface area contributed by atoms with Gasteiger partial charge in [0.2, 0.25) is 0 Å². The van der Waals surface area contributed by atoms with Crippen LogP contribution in [0, 0.1) is 0 Å². The Morgan fingerprint density at radius 2 is 1.89 bits per heavy atom. The third kappa shape index (κ3) is 7.89. The Bertz CT molecular complexity index is 91.6. The quantitative estimate of drug-likeness (QED) is 0.425. The molecule has 0 rings (SSSR count). The van der Waals surface area contributed by atoms with Crippen LogP contribution in [0.2, 0.25) is 25.7 Å². The summed E-state index contributed by atoms with van der Waals surface area (Å²) in [6.07, 6.45) is 2.08. The second-order valence-electron chi connectivity index (χ2n) is 3.45. The molecule has 0 fully saturated rings. The van der Waals surface area contributed by atoms with E-state index in [9.17, 15) is 0 Å². The van der Waals surface area contributed by atoms with Crippen molar-refractivity contribution < 1.29 is 0 Å². The van der Waals surface area contributed by atoms with E-state index in [1.54, 1.807) is 0 Å². The highest BCUT2D eigenvalue weighted by atomic mass is 28.3. The van der Waals surface area contributed by atoms with Gasteiger partial charge in [-0.3, -0.25) is 4.99 Å². The number of hydrogen-bond acceptors (Lipinski definition) is 1. The van der Waals surface area contributed by atoms with Gasteiger partial charge >= 0.3 is 0 Å². The normalized spacial score (nSPS) is 12.9. The van der Waals surface area contributed by atoms with E-state index in [2.05, 4.69) is 37.8 Å². The molecule has 0 N–H and O–H groups in total. The summed E-state index contributed by atoms with van der Waals surface area (Å²) in [5, 5.41) is 0. The van der Waals surface area contributed by atoms with Gasteiger partial charge in [0.15, 0.2) is 0 Å². The molecule has 0 aliphatic rings. The van der Waals surface area contributed by atoms with Crippen LogP contribution in [0.1, 0.15) is 6.92 Å².